The third-order valence-corrected chi connectivity index (χ3v) is 12.9. The Hall–Kier alpha value is -1.04. The number of rotatable bonds is 15. The van der Waals surface area contributed by atoms with Crippen LogP contribution in [0.5, 0.6) is 0 Å². The Morgan fingerprint density at radius 1 is 0.583 bits per heavy atom. The van der Waals surface area contributed by atoms with Crippen LogP contribution >= 0.6 is 21.6 Å². The van der Waals surface area contributed by atoms with Gasteiger partial charge in [-0.15, -0.1) is 0 Å². The lowest BCUT2D eigenvalue weighted by Crippen LogP contribution is -2.42. The van der Waals surface area contributed by atoms with E-state index >= 15 is 0 Å². The second-order valence-corrected chi connectivity index (χ2v) is 15.2. The second kappa shape index (κ2) is 14.2. The lowest BCUT2D eigenvalue weighted by Gasteiger charge is -2.29. The molecule has 4 atom stereocenters. The Morgan fingerprint density at radius 2 is 0.889 bits per heavy atom. The molecule has 0 radical (unpaired) electrons. The van der Waals surface area contributed by atoms with Crippen LogP contribution in [0, 0.1) is 13.8 Å². The van der Waals surface area contributed by atoms with Crippen LogP contribution in [0.2, 0.25) is 0 Å². The minimum absolute atomic E-state index is 0.0421. The minimum Gasteiger partial charge on any atom is -0.207 e. The number of benzene rings is 2. The smallest absolute Gasteiger partial charge is 0.207 e. The molecule has 0 spiro atoms. The highest BCUT2D eigenvalue weighted by atomic mass is 33.1. The number of hydrogen-bond acceptors (Lipinski definition) is 6. The largest absolute Gasteiger partial charge is 0.240 e. The Labute approximate surface area is 226 Å². The molecule has 2 rings (SSSR count). The average molecular weight is 573 g/mol. The van der Waals surface area contributed by atoms with E-state index in [2.05, 4.69) is 23.3 Å². The van der Waals surface area contributed by atoms with Gasteiger partial charge in [-0.2, -0.15) is 0 Å². The SMILES string of the molecule is CCC(NS(=O)(=O)c1ccc(C)cc1)C(CC)SS[C@@H](CC)[C@@H](CC)NS(=O)(=O)c1ccc(C)cc1. The Kier molecular flexibility index (Phi) is 12.3. The van der Waals surface area contributed by atoms with Gasteiger partial charge in [0.15, 0.2) is 0 Å². The van der Waals surface area contributed by atoms with Crippen molar-refractivity contribution >= 4 is 41.6 Å². The first-order valence-corrected chi connectivity index (χ1v) is 17.7. The maximum Gasteiger partial charge on any atom is 0.240 e. The summed E-state index contributed by atoms with van der Waals surface area (Å²) in [5.74, 6) is 0. The molecule has 2 unspecified atom stereocenters. The first-order valence-electron chi connectivity index (χ1n) is 12.5. The van der Waals surface area contributed by atoms with Crippen molar-refractivity contribution in [3.63, 3.8) is 0 Å². The summed E-state index contributed by atoms with van der Waals surface area (Å²) in [4.78, 5) is 0.532. The summed E-state index contributed by atoms with van der Waals surface area (Å²) in [6.07, 6.45) is 2.89. The van der Waals surface area contributed by atoms with E-state index in [1.165, 1.54) is 0 Å². The second-order valence-electron chi connectivity index (χ2n) is 8.98. The zero-order valence-corrected chi connectivity index (χ0v) is 25.3. The highest BCUT2D eigenvalue weighted by Crippen LogP contribution is 2.38. The van der Waals surface area contributed by atoms with Gasteiger partial charge in [0, 0.05) is 22.6 Å². The number of hydrogen-bond donors (Lipinski definition) is 2. The molecule has 0 aliphatic rings. The minimum atomic E-state index is -3.63. The average Bonchev–Trinajstić information content (AvgIpc) is 2.85. The Balaban J connectivity index is 2.10. The number of sulfonamides is 2. The van der Waals surface area contributed by atoms with Crippen LogP contribution in [0.3, 0.4) is 0 Å². The van der Waals surface area contributed by atoms with E-state index in [0.717, 1.165) is 24.0 Å². The van der Waals surface area contributed by atoms with Gasteiger partial charge in [-0.1, -0.05) is 84.7 Å². The van der Waals surface area contributed by atoms with Gasteiger partial charge >= 0.3 is 0 Å². The molecule has 0 heterocycles. The zero-order chi connectivity index (χ0) is 26.9. The molecule has 0 saturated carbocycles. The summed E-state index contributed by atoms with van der Waals surface area (Å²) in [6, 6.07) is 13.2. The van der Waals surface area contributed by atoms with Crippen molar-refractivity contribution < 1.29 is 16.8 Å². The summed E-state index contributed by atoms with van der Waals surface area (Å²) in [6.45, 7) is 11.9. The van der Waals surface area contributed by atoms with Crippen LogP contribution in [0.1, 0.15) is 64.5 Å². The summed E-state index contributed by atoms with van der Waals surface area (Å²) in [7, 11) is -3.97. The fraction of sp³-hybridized carbons (Fsp3) is 0.538. The lowest BCUT2D eigenvalue weighted by atomic mass is 10.1. The summed E-state index contributed by atoms with van der Waals surface area (Å²) in [5.41, 5.74) is 2.02. The fourth-order valence-electron chi connectivity index (χ4n) is 3.80. The van der Waals surface area contributed by atoms with Gasteiger partial charge in [-0.25, -0.2) is 26.3 Å². The first-order chi connectivity index (χ1) is 17.0. The summed E-state index contributed by atoms with van der Waals surface area (Å²) >= 11 is 0. The van der Waals surface area contributed by atoms with Crippen LogP contribution in [0.25, 0.3) is 0 Å². The van der Waals surface area contributed by atoms with E-state index in [4.69, 9.17) is 0 Å². The molecule has 0 aliphatic heterocycles. The van der Waals surface area contributed by atoms with Gasteiger partial charge in [0.25, 0.3) is 0 Å². The third kappa shape index (κ3) is 8.77. The van der Waals surface area contributed by atoms with Crippen LogP contribution in [-0.4, -0.2) is 39.4 Å². The van der Waals surface area contributed by atoms with Gasteiger partial charge in [-0.3, -0.25) is 0 Å². The predicted molar refractivity (Wildman–Crippen MR) is 154 cm³/mol. The van der Waals surface area contributed by atoms with Crippen molar-refractivity contribution in [3.8, 4) is 0 Å². The summed E-state index contributed by atoms with van der Waals surface area (Å²) in [5, 5.41) is 0.0842. The summed E-state index contributed by atoms with van der Waals surface area (Å²) < 4.78 is 57.8. The van der Waals surface area contributed by atoms with Crippen molar-refractivity contribution in [1.29, 1.82) is 0 Å². The molecule has 0 fully saturated rings. The van der Waals surface area contributed by atoms with Crippen molar-refractivity contribution in [3.05, 3.63) is 59.7 Å². The van der Waals surface area contributed by atoms with Crippen LogP contribution < -0.4 is 9.44 Å². The van der Waals surface area contributed by atoms with Crippen LogP contribution in [0.4, 0.5) is 0 Å². The van der Waals surface area contributed by atoms with Gasteiger partial charge in [0.05, 0.1) is 9.79 Å². The van der Waals surface area contributed by atoms with E-state index < -0.39 is 20.0 Å². The van der Waals surface area contributed by atoms with E-state index in [1.807, 2.05) is 27.7 Å². The van der Waals surface area contributed by atoms with E-state index in [9.17, 15) is 16.8 Å². The van der Waals surface area contributed by atoms with Crippen molar-refractivity contribution in [1.82, 2.24) is 9.44 Å². The molecule has 0 saturated heterocycles. The highest BCUT2D eigenvalue weighted by molar-refractivity contribution is 8.77. The van der Waals surface area contributed by atoms with Crippen molar-refractivity contribution in [2.24, 2.45) is 0 Å². The number of aryl methyl sites for hydroxylation is 2. The molecular formula is C26H40N2O4S4. The molecular weight excluding hydrogens is 533 g/mol. The zero-order valence-electron chi connectivity index (χ0n) is 22.0. The molecule has 2 aromatic carbocycles. The molecule has 36 heavy (non-hydrogen) atoms. The molecule has 0 aromatic heterocycles. The van der Waals surface area contributed by atoms with Gasteiger partial charge < -0.3 is 0 Å². The van der Waals surface area contributed by atoms with Gasteiger partial charge in [0.1, 0.15) is 0 Å². The molecule has 10 heteroatoms. The normalized spacial score (nSPS) is 15.8. The highest BCUT2D eigenvalue weighted by Gasteiger charge is 2.30. The lowest BCUT2D eigenvalue weighted by molar-refractivity contribution is 0.519. The standard InChI is InChI=1S/C26H40N2O4S4/c1-7-23(27-35(29,30)21-15-11-19(5)12-16-21)25(9-3)33-34-26(10-4)24(8-2)28-36(31,32)22-17-13-20(6)14-18-22/h11-18,23-28H,7-10H2,1-6H3/t23-,24?,25+,26?/m1/s1. The molecule has 2 N–H and O–H groups in total. The molecule has 0 aliphatic carbocycles. The van der Waals surface area contributed by atoms with Crippen LogP contribution in [-0.2, 0) is 20.0 Å². The van der Waals surface area contributed by atoms with E-state index in [1.54, 1.807) is 70.1 Å². The van der Waals surface area contributed by atoms with Crippen LogP contribution in [0.15, 0.2) is 58.3 Å². The molecule has 2 aromatic rings. The molecule has 0 bridgehead atoms. The first kappa shape index (κ1) is 31.2. The van der Waals surface area contributed by atoms with Crippen molar-refractivity contribution in [2.75, 3.05) is 0 Å². The third-order valence-electron chi connectivity index (χ3n) is 6.16. The molecule has 0 amide bonds. The van der Waals surface area contributed by atoms with Gasteiger partial charge in [0.2, 0.25) is 20.0 Å². The molecule has 6 nitrogen and oxygen atoms in total. The Morgan fingerprint density at radius 3 is 1.14 bits per heavy atom. The monoisotopic (exact) mass is 572 g/mol. The maximum absolute atomic E-state index is 13.0. The van der Waals surface area contributed by atoms with E-state index in [-0.39, 0.29) is 32.4 Å². The van der Waals surface area contributed by atoms with Gasteiger partial charge in [-0.05, 0) is 63.8 Å². The van der Waals surface area contributed by atoms with Crippen molar-refractivity contribution in [2.45, 2.75) is 99.6 Å². The quantitative estimate of drug-likeness (QED) is 0.252. The fourth-order valence-corrected chi connectivity index (χ4v) is 10.5. The maximum atomic E-state index is 13.0. The number of nitrogens with one attached hydrogen (secondary N) is 2. The van der Waals surface area contributed by atoms with E-state index in [0.29, 0.717) is 12.8 Å². The topological polar surface area (TPSA) is 92.3 Å². The predicted octanol–water partition coefficient (Wildman–Crippen LogP) is 6.06. The Bertz CT molecular complexity index is 1060. The molecule has 202 valence electrons.